The Bertz CT molecular complexity index is 1050. The molecule has 0 aliphatic carbocycles. The van der Waals surface area contributed by atoms with E-state index in [2.05, 4.69) is 31.8 Å². The molecule has 0 heterocycles. The molecule has 0 atom stereocenters. The fourth-order valence-corrected chi connectivity index (χ4v) is 2.87. The van der Waals surface area contributed by atoms with Crippen LogP contribution < -0.4 is 15.5 Å². The average Bonchev–Trinajstić information content (AvgIpc) is 2.74. The number of halogens is 1. The van der Waals surface area contributed by atoms with E-state index in [1.165, 1.54) is 6.21 Å². The minimum Gasteiger partial charge on any atom is -0.423 e. The van der Waals surface area contributed by atoms with Crippen molar-refractivity contribution in [2.45, 2.75) is 6.92 Å². The van der Waals surface area contributed by atoms with Crippen LogP contribution in [-0.4, -0.2) is 24.6 Å². The zero-order valence-corrected chi connectivity index (χ0v) is 17.8. The number of esters is 1. The van der Waals surface area contributed by atoms with Crippen molar-refractivity contribution in [3.63, 3.8) is 0 Å². The van der Waals surface area contributed by atoms with E-state index in [-0.39, 0.29) is 12.5 Å². The zero-order valence-electron chi connectivity index (χ0n) is 16.3. The van der Waals surface area contributed by atoms with Crippen molar-refractivity contribution >= 4 is 39.7 Å². The quantitative estimate of drug-likeness (QED) is 0.232. The Morgan fingerprint density at radius 1 is 1.03 bits per heavy atom. The van der Waals surface area contributed by atoms with Crippen LogP contribution in [0.1, 0.15) is 21.5 Å². The molecule has 7 heteroatoms. The number of rotatable bonds is 7. The highest BCUT2D eigenvalue weighted by molar-refractivity contribution is 9.10. The number of hydrogen-bond acceptors (Lipinski definition) is 5. The molecule has 0 aliphatic rings. The second kappa shape index (κ2) is 10.4. The highest BCUT2D eigenvalue weighted by atomic mass is 79.9. The van der Waals surface area contributed by atoms with Gasteiger partial charge in [-0.15, -0.1) is 0 Å². The van der Waals surface area contributed by atoms with Gasteiger partial charge in [0, 0.05) is 10.2 Å². The van der Waals surface area contributed by atoms with Gasteiger partial charge in [-0.3, -0.25) is 4.79 Å². The van der Waals surface area contributed by atoms with Crippen LogP contribution in [0.25, 0.3) is 0 Å². The molecule has 0 fully saturated rings. The summed E-state index contributed by atoms with van der Waals surface area (Å²) in [5.41, 5.74) is 5.70. The highest BCUT2D eigenvalue weighted by Crippen LogP contribution is 2.16. The number of ether oxygens (including phenoxy) is 1. The first kappa shape index (κ1) is 21.3. The standard InChI is InChI=1S/C23H20BrN3O3/c1-16-5-9-20(10-6-16)25-15-22(28)27-26-14-17-7-11-21(12-8-17)30-23(29)18-3-2-4-19(24)13-18/h2-14,25H,15H2,1H3,(H,27,28)/b26-14+. The molecule has 0 saturated heterocycles. The molecular formula is C23H20BrN3O3. The lowest BCUT2D eigenvalue weighted by atomic mass is 10.2. The van der Waals surface area contributed by atoms with Crippen LogP contribution in [0, 0.1) is 6.92 Å². The minimum absolute atomic E-state index is 0.116. The summed E-state index contributed by atoms with van der Waals surface area (Å²) in [5.74, 6) is -0.277. The Kier molecular flexibility index (Phi) is 7.34. The van der Waals surface area contributed by atoms with Crippen LogP contribution >= 0.6 is 15.9 Å². The van der Waals surface area contributed by atoms with Crippen LogP contribution in [0.4, 0.5) is 5.69 Å². The number of carbonyl (C=O) groups is 2. The van der Waals surface area contributed by atoms with Crippen LogP contribution in [-0.2, 0) is 4.79 Å². The van der Waals surface area contributed by atoms with Gasteiger partial charge in [0.15, 0.2) is 0 Å². The summed E-state index contributed by atoms with van der Waals surface area (Å²) in [4.78, 5) is 24.0. The number of nitrogens with zero attached hydrogens (tertiary/aromatic N) is 1. The van der Waals surface area contributed by atoms with E-state index in [1.54, 1.807) is 42.5 Å². The van der Waals surface area contributed by atoms with Gasteiger partial charge in [-0.1, -0.05) is 39.7 Å². The van der Waals surface area contributed by atoms with Crippen molar-refractivity contribution in [1.82, 2.24) is 5.43 Å². The van der Waals surface area contributed by atoms with E-state index in [0.717, 1.165) is 21.3 Å². The number of anilines is 1. The fraction of sp³-hybridized carbons (Fsp3) is 0.0870. The number of nitrogens with one attached hydrogen (secondary N) is 2. The van der Waals surface area contributed by atoms with Gasteiger partial charge in [-0.25, -0.2) is 10.2 Å². The SMILES string of the molecule is Cc1ccc(NCC(=O)N/N=C/c2ccc(OC(=O)c3cccc(Br)c3)cc2)cc1. The fourth-order valence-electron chi connectivity index (χ4n) is 2.48. The van der Waals surface area contributed by atoms with Gasteiger partial charge in [-0.2, -0.15) is 5.10 Å². The molecule has 0 radical (unpaired) electrons. The Morgan fingerprint density at radius 3 is 2.47 bits per heavy atom. The van der Waals surface area contributed by atoms with E-state index in [1.807, 2.05) is 37.3 Å². The monoisotopic (exact) mass is 465 g/mol. The smallest absolute Gasteiger partial charge is 0.343 e. The van der Waals surface area contributed by atoms with E-state index >= 15 is 0 Å². The van der Waals surface area contributed by atoms with Crippen molar-refractivity contribution in [1.29, 1.82) is 0 Å². The van der Waals surface area contributed by atoms with Gasteiger partial charge >= 0.3 is 5.97 Å². The van der Waals surface area contributed by atoms with Crippen LogP contribution in [0.5, 0.6) is 5.75 Å². The lowest BCUT2D eigenvalue weighted by molar-refractivity contribution is -0.119. The maximum absolute atomic E-state index is 12.2. The van der Waals surface area contributed by atoms with Crippen molar-refractivity contribution in [2.75, 3.05) is 11.9 Å². The minimum atomic E-state index is -0.439. The summed E-state index contributed by atoms with van der Waals surface area (Å²) in [7, 11) is 0. The second-order valence-corrected chi connectivity index (χ2v) is 7.40. The van der Waals surface area contributed by atoms with Crippen molar-refractivity contribution in [3.8, 4) is 5.75 Å². The van der Waals surface area contributed by atoms with Gasteiger partial charge in [0.1, 0.15) is 5.75 Å². The molecule has 6 nitrogen and oxygen atoms in total. The van der Waals surface area contributed by atoms with Gasteiger partial charge < -0.3 is 10.1 Å². The Hall–Kier alpha value is -3.45. The summed E-state index contributed by atoms with van der Waals surface area (Å²) < 4.78 is 6.16. The van der Waals surface area contributed by atoms with Crippen molar-refractivity contribution in [3.05, 3.63) is 94.0 Å². The molecule has 3 aromatic rings. The van der Waals surface area contributed by atoms with Crippen LogP contribution in [0.15, 0.2) is 82.4 Å². The molecule has 2 N–H and O–H groups in total. The summed E-state index contributed by atoms with van der Waals surface area (Å²) in [6, 6.07) is 21.6. The zero-order chi connectivity index (χ0) is 21.3. The number of aryl methyl sites for hydroxylation is 1. The third kappa shape index (κ3) is 6.56. The normalized spacial score (nSPS) is 10.6. The first-order valence-corrected chi connectivity index (χ1v) is 9.99. The van der Waals surface area contributed by atoms with Gasteiger partial charge in [0.05, 0.1) is 18.3 Å². The van der Waals surface area contributed by atoms with Gasteiger partial charge in [0.25, 0.3) is 5.91 Å². The Labute approximate surface area is 183 Å². The first-order valence-electron chi connectivity index (χ1n) is 9.20. The van der Waals surface area contributed by atoms with Crippen LogP contribution in [0.3, 0.4) is 0 Å². The number of hydrazone groups is 1. The van der Waals surface area contributed by atoms with E-state index in [9.17, 15) is 9.59 Å². The predicted molar refractivity (Wildman–Crippen MR) is 121 cm³/mol. The molecule has 30 heavy (non-hydrogen) atoms. The lowest BCUT2D eigenvalue weighted by Crippen LogP contribution is -2.25. The molecule has 0 spiro atoms. The molecule has 0 aliphatic heterocycles. The topological polar surface area (TPSA) is 79.8 Å². The lowest BCUT2D eigenvalue weighted by Gasteiger charge is -2.06. The molecule has 0 saturated carbocycles. The number of carbonyl (C=O) groups excluding carboxylic acids is 2. The summed E-state index contributed by atoms with van der Waals surface area (Å²) in [6.07, 6.45) is 1.52. The van der Waals surface area contributed by atoms with E-state index in [4.69, 9.17) is 4.74 Å². The second-order valence-electron chi connectivity index (χ2n) is 6.48. The molecule has 3 rings (SSSR count). The van der Waals surface area contributed by atoms with Crippen LogP contribution in [0.2, 0.25) is 0 Å². The van der Waals surface area contributed by atoms with E-state index in [0.29, 0.717) is 11.3 Å². The number of amides is 1. The highest BCUT2D eigenvalue weighted by Gasteiger charge is 2.08. The Morgan fingerprint density at radius 2 is 1.77 bits per heavy atom. The summed E-state index contributed by atoms with van der Waals surface area (Å²) >= 11 is 3.33. The molecular weight excluding hydrogens is 446 g/mol. The molecule has 0 aromatic heterocycles. The maximum atomic E-state index is 12.2. The van der Waals surface area contributed by atoms with E-state index < -0.39 is 5.97 Å². The summed E-state index contributed by atoms with van der Waals surface area (Å²) in [5, 5.41) is 6.96. The maximum Gasteiger partial charge on any atom is 0.343 e. The van der Waals surface area contributed by atoms with Crippen molar-refractivity contribution < 1.29 is 14.3 Å². The molecule has 0 bridgehead atoms. The molecule has 1 amide bonds. The van der Waals surface area contributed by atoms with Gasteiger partial charge in [-0.05, 0) is 67.1 Å². The van der Waals surface area contributed by atoms with Gasteiger partial charge in [0.2, 0.25) is 0 Å². The summed E-state index contributed by atoms with van der Waals surface area (Å²) in [6.45, 7) is 2.12. The Balaban J connectivity index is 1.46. The first-order chi connectivity index (χ1) is 14.5. The van der Waals surface area contributed by atoms with Crippen molar-refractivity contribution in [2.24, 2.45) is 5.10 Å². The number of hydrogen-bond donors (Lipinski definition) is 2. The third-order valence-electron chi connectivity index (χ3n) is 4.06. The molecule has 152 valence electrons. The predicted octanol–water partition coefficient (Wildman–Crippen LogP) is 4.54. The average molecular weight is 466 g/mol. The molecule has 0 unspecified atom stereocenters. The third-order valence-corrected chi connectivity index (χ3v) is 4.55. The number of benzene rings is 3. The molecule has 3 aromatic carbocycles. The largest absolute Gasteiger partial charge is 0.423 e.